The Morgan fingerprint density at radius 2 is 1.70 bits per heavy atom. The van der Waals surface area contributed by atoms with Crippen LogP contribution < -0.4 is 10.6 Å². The molecule has 12 heteroatoms. The van der Waals surface area contributed by atoms with Crippen molar-refractivity contribution < 1.29 is 32.3 Å². The number of nitrogens with two attached hydrogens (primary N) is 1. The van der Waals surface area contributed by atoms with E-state index in [1.807, 2.05) is 4.90 Å². The summed E-state index contributed by atoms with van der Waals surface area (Å²) in [5.74, 6) is -1.38. The molecule has 0 aliphatic carbocycles. The van der Waals surface area contributed by atoms with Gasteiger partial charge in [0, 0.05) is 32.6 Å². The number of primary amides is 1. The maximum Gasteiger partial charge on any atom is 0.417 e. The molecule has 0 radical (unpaired) electrons. The fourth-order valence-corrected chi connectivity index (χ4v) is 3.31. The second kappa shape index (κ2) is 10.3. The van der Waals surface area contributed by atoms with E-state index in [9.17, 15) is 27.6 Å². The summed E-state index contributed by atoms with van der Waals surface area (Å²) in [5, 5.41) is 7.85. The van der Waals surface area contributed by atoms with Crippen molar-refractivity contribution in [3.8, 4) is 0 Å². The molecule has 2 N–H and O–H groups in total. The molecule has 1 fully saturated rings. The van der Waals surface area contributed by atoms with Crippen LogP contribution in [0.3, 0.4) is 0 Å². The van der Waals surface area contributed by atoms with Crippen LogP contribution in [0.1, 0.15) is 39.3 Å². The van der Waals surface area contributed by atoms with Gasteiger partial charge in [-0.15, -0.1) is 10.2 Å². The van der Waals surface area contributed by atoms with E-state index in [1.54, 1.807) is 6.07 Å². The monoisotopic (exact) mass is 465 g/mol. The largest absolute Gasteiger partial charge is 0.461 e. The highest BCUT2D eigenvalue weighted by Crippen LogP contribution is 2.32. The molecule has 1 aromatic carbocycles. The number of anilines is 1. The maximum atomic E-state index is 13.2. The summed E-state index contributed by atoms with van der Waals surface area (Å²) in [6.45, 7) is 1.11. The fraction of sp³-hybridized carbons (Fsp3) is 0.381. The molecule has 176 valence electrons. The van der Waals surface area contributed by atoms with Crippen LogP contribution >= 0.6 is 0 Å². The molecule has 9 nitrogen and oxygen atoms in total. The van der Waals surface area contributed by atoms with E-state index in [0.717, 1.165) is 6.07 Å². The lowest BCUT2D eigenvalue weighted by atomic mass is 10.1. The molecule has 0 bridgehead atoms. The van der Waals surface area contributed by atoms with E-state index in [2.05, 4.69) is 10.2 Å². The molecule has 1 aromatic heterocycles. The van der Waals surface area contributed by atoms with E-state index in [1.165, 1.54) is 29.2 Å². The molecule has 0 saturated carbocycles. The van der Waals surface area contributed by atoms with Crippen molar-refractivity contribution in [3.63, 3.8) is 0 Å². The van der Waals surface area contributed by atoms with Crippen LogP contribution in [-0.2, 0) is 15.7 Å². The Bertz CT molecular complexity index is 1010. The van der Waals surface area contributed by atoms with Crippen molar-refractivity contribution in [1.82, 2.24) is 15.1 Å². The molecular weight excluding hydrogens is 443 g/mol. The minimum absolute atomic E-state index is 0.00426. The van der Waals surface area contributed by atoms with Gasteiger partial charge in [0.25, 0.3) is 5.91 Å². The highest BCUT2D eigenvalue weighted by molar-refractivity contribution is 5.96. The first-order chi connectivity index (χ1) is 15.7. The van der Waals surface area contributed by atoms with Gasteiger partial charge in [0.2, 0.25) is 5.91 Å². The Balaban J connectivity index is 1.55. The van der Waals surface area contributed by atoms with Gasteiger partial charge in [-0.05, 0) is 30.7 Å². The van der Waals surface area contributed by atoms with Crippen molar-refractivity contribution in [2.24, 2.45) is 5.73 Å². The quantitative estimate of drug-likeness (QED) is 0.490. The number of ether oxygens (including phenoxy) is 1. The summed E-state index contributed by atoms with van der Waals surface area (Å²) in [6, 6.07) is 7.73. The molecule has 1 saturated heterocycles. The lowest BCUT2D eigenvalue weighted by Crippen LogP contribution is -2.49. The number of alkyl halides is 3. The third-order valence-electron chi connectivity index (χ3n) is 5.01. The Labute approximate surface area is 187 Å². The highest BCUT2D eigenvalue weighted by atomic mass is 19.4. The number of nitrogens with zero attached hydrogens (tertiary/aromatic N) is 4. The van der Waals surface area contributed by atoms with Gasteiger partial charge < -0.3 is 20.3 Å². The number of carbonyl (C=O) groups excluding carboxylic acids is 3. The van der Waals surface area contributed by atoms with Gasteiger partial charge in [-0.25, -0.2) is 4.79 Å². The van der Waals surface area contributed by atoms with Crippen LogP contribution in [-0.4, -0.2) is 65.7 Å². The van der Waals surface area contributed by atoms with Gasteiger partial charge in [0.15, 0.2) is 11.5 Å². The predicted octanol–water partition coefficient (Wildman–Crippen LogP) is 1.88. The highest BCUT2D eigenvalue weighted by Gasteiger charge is 2.36. The Morgan fingerprint density at radius 1 is 1.00 bits per heavy atom. The van der Waals surface area contributed by atoms with Crippen molar-refractivity contribution in [2.45, 2.75) is 19.0 Å². The average molecular weight is 465 g/mol. The fourth-order valence-electron chi connectivity index (χ4n) is 3.31. The maximum absolute atomic E-state index is 13.2. The second-order valence-corrected chi connectivity index (χ2v) is 7.31. The van der Waals surface area contributed by atoms with Crippen molar-refractivity contribution in [3.05, 3.63) is 53.2 Å². The van der Waals surface area contributed by atoms with E-state index in [4.69, 9.17) is 10.5 Å². The number of piperazine rings is 1. The molecule has 1 aliphatic rings. The minimum Gasteiger partial charge on any atom is -0.461 e. The second-order valence-electron chi connectivity index (χ2n) is 7.31. The molecule has 2 amide bonds. The number of amides is 2. The normalized spacial score (nSPS) is 14.2. The van der Waals surface area contributed by atoms with Gasteiger partial charge in [0.05, 0.1) is 17.7 Å². The molecule has 0 spiro atoms. The minimum atomic E-state index is -4.62. The summed E-state index contributed by atoms with van der Waals surface area (Å²) < 4.78 is 44.7. The third-order valence-corrected chi connectivity index (χ3v) is 5.01. The number of hydrogen-bond donors (Lipinski definition) is 1. The van der Waals surface area contributed by atoms with Gasteiger partial charge in [-0.1, -0.05) is 12.1 Å². The number of aromatic nitrogens is 2. The van der Waals surface area contributed by atoms with E-state index in [0.29, 0.717) is 25.3 Å². The number of carbonyl (C=O) groups is 3. The number of halogens is 3. The molecule has 2 heterocycles. The first-order valence-electron chi connectivity index (χ1n) is 10.2. The summed E-state index contributed by atoms with van der Waals surface area (Å²) in [4.78, 5) is 38.5. The Hall–Kier alpha value is -3.70. The third kappa shape index (κ3) is 6.18. The zero-order valence-electron chi connectivity index (χ0n) is 17.5. The smallest absolute Gasteiger partial charge is 0.417 e. The first kappa shape index (κ1) is 24.0. The molecule has 0 atom stereocenters. The molecule has 3 rings (SSSR count). The topological polar surface area (TPSA) is 119 Å². The standard InChI is InChI=1S/C21H22F3N5O4/c22-21(23,24)15-5-2-1-4-14(15)19(31)29-11-9-28(10-12-29)18-8-7-16(26-27-18)20(32)33-13-3-6-17(25)30/h1-2,4-5,7-8H,3,6,9-13H2,(H2,25,30). The zero-order chi connectivity index (χ0) is 24.0. The lowest BCUT2D eigenvalue weighted by molar-refractivity contribution is -0.138. The van der Waals surface area contributed by atoms with Crippen LogP contribution in [0.15, 0.2) is 36.4 Å². The first-order valence-corrected chi connectivity index (χ1v) is 10.2. The summed E-state index contributed by atoms with van der Waals surface area (Å²) in [5.41, 5.74) is 3.67. The summed E-state index contributed by atoms with van der Waals surface area (Å²) in [7, 11) is 0. The van der Waals surface area contributed by atoms with Gasteiger partial charge in [-0.2, -0.15) is 13.2 Å². The van der Waals surface area contributed by atoms with Gasteiger partial charge in [0.1, 0.15) is 0 Å². The lowest BCUT2D eigenvalue weighted by Gasteiger charge is -2.35. The van der Waals surface area contributed by atoms with Crippen LogP contribution in [0.4, 0.5) is 19.0 Å². The molecule has 33 heavy (non-hydrogen) atoms. The van der Waals surface area contributed by atoms with Crippen LogP contribution in [0, 0.1) is 0 Å². The van der Waals surface area contributed by atoms with Crippen molar-refractivity contribution in [2.75, 3.05) is 37.7 Å². The number of hydrogen-bond acceptors (Lipinski definition) is 7. The van der Waals surface area contributed by atoms with Crippen LogP contribution in [0.25, 0.3) is 0 Å². The van der Waals surface area contributed by atoms with E-state index < -0.39 is 29.5 Å². The molecular formula is C21H22F3N5O4. The van der Waals surface area contributed by atoms with Gasteiger partial charge in [-0.3, -0.25) is 9.59 Å². The van der Waals surface area contributed by atoms with E-state index in [-0.39, 0.29) is 37.4 Å². The molecule has 2 aromatic rings. The Morgan fingerprint density at radius 3 is 2.30 bits per heavy atom. The number of benzene rings is 1. The summed E-state index contributed by atoms with van der Waals surface area (Å²) in [6.07, 6.45) is -4.20. The SMILES string of the molecule is NC(=O)CCCOC(=O)c1ccc(N2CCN(C(=O)c3ccccc3C(F)(F)F)CC2)nn1. The zero-order valence-corrected chi connectivity index (χ0v) is 17.5. The number of esters is 1. The van der Waals surface area contributed by atoms with Crippen molar-refractivity contribution >= 4 is 23.6 Å². The number of rotatable bonds is 7. The van der Waals surface area contributed by atoms with Crippen molar-refractivity contribution in [1.29, 1.82) is 0 Å². The van der Waals surface area contributed by atoms with E-state index >= 15 is 0 Å². The van der Waals surface area contributed by atoms with Crippen LogP contribution in [0.5, 0.6) is 0 Å². The van der Waals surface area contributed by atoms with Gasteiger partial charge >= 0.3 is 12.1 Å². The molecule has 0 unspecified atom stereocenters. The summed E-state index contributed by atoms with van der Waals surface area (Å²) >= 11 is 0. The Kier molecular flexibility index (Phi) is 7.46. The van der Waals surface area contributed by atoms with Crippen LogP contribution in [0.2, 0.25) is 0 Å². The average Bonchev–Trinajstić information content (AvgIpc) is 2.81. The predicted molar refractivity (Wildman–Crippen MR) is 110 cm³/mol. The molecule has 1 aliphatic heterocycles.